The Labute approximate surface area is 80.6 Å². The summed E-state index contributed by atoms with van der Waals surface area (Å²) < 4.78 is 23.7. The first-order valence-electron chi connectivity index (χ1n) is 4.53. The van der Waals surface area contributed by atoms with Crippen molar-refractivity contribution in [3.8, 4) is 0 Å². The van der Waals surface area contributed by atoms with Crippen molar-refractivity contribution in [1.82, 2.24) is 9.21 Å². The molecule has 1 saturated heterocycles. The van der Waals surface area contributed by atoms with E-state index in [1.165, 1.54) is 17.0 Å². The van der Waals surface area contributed by atoms with Crippen LogP contribution in [0.15, 0.2) is 0 Å². The molecule has 1 unspecified atom stereocenters. The normalized spacial score (nSPS) is 25.7. The summed E-state index contributed by atoms with van der Waals surface area (Å²) in [6.45, 7) is 1.71. The fraction of sp³-hybridized carbons (Fsp3) is 1.00. The van der Waals surface area contributed by atoms with Crippen LogP contribution in [0.4, 0.5) is 0 Å². The first-order valence-corrected chi connectivity index (χ1v) is 6.37. The Morgan fingerprint density at radius 2 is 2.15 bits per heavy atom. The van der Waals surface area contributed by atoms with Gasteiger partial charge in [-0.25, -0.2) is 12.7 Å². The van der Waals surface area contributed by atoms with Crippen LogP contribution in [0.2, 0.25) is 0 Å². The SMILES string of the molecule is CN1CCCC1CN(C)S(C)(=O)=O. The maximum absolute atomic E-state index is 11.1. The minimum Gasteiger partial charge on any atom is -0.302 e. The van der Waals surface area contributed by atoms with E-state index in [4.69, 9.17) is 0 Å². The van der Waals surface area contributed by atoms with E-state index < -0.39 is 10.0 Å². The van der Waals surface area contributed by atoms with Crippen LogP contribution in [-0.4, -0.2) is 57.1 Å². The van der Waals surface area contributed by atoms with Crippen molar-refractivity contribution in [3.63, 3.8) is 0 Å². The van der Waals surface area contributed by atoms with E-state index in [9.17, 15) is 8.42 Å². The van der Waals surface area contributed by atoms with Crippen molar-refractivity contribution in [2.24, 2.45) is 0 Å². The van der Waals surface area contributed by atoms with E-state index in [2.05, 4.69) is 4.90 Å². The van der Waals surface area contributed by atoms with Crippen LogP contribution >= 0.6 is 0 Å². The summed E-state index contributed by atoms with van der Waals surface area (Å²) in [6, 6.07) is 0.403. The summed E-state index contributed by atoms with van der Waals surface area (Å²) in [6.07, 6.45) is 3.54. The van der Waals surface area contributed by atoms with Gasteiger partial charge in [0.15, 0.2) is 0 Å². The predicted octanol–water partition coefficient (Wildman–Crippen LogP) is -0.0280. The Bertz CT molecular complexity index is 263. The summed E-state index contributed by atoms with van der Waals surface area (Å²) in [5, 5.41) is 0. The van der Waals surface area contributed by atoms with Crippen LogP contribution in [0.5, 0.6) is 0 Å². The molecule has 4 nitrogen and oxygen atoms in total. The Balaban J connectivity index is 2.49. The molecule has 1 rings (SSSR count). The second kappa shape index (κ2) is 3.94. The summed E-state index contributed by atoms with van der Waals surface area (Å²) in [4.78, 5) is 2.22. The molecule has 5 heteroatoms. The number of rotatable bonds is 3. The molecule has 1 aliphatic heterocycles. The van der Waals surface area contributed by atoms with E-state index in [-0.39, 0.29) is 0 Å². The number of likely N-dealkylation sites (tertiary alicyclic amines) is 1. The fourth-order valence-corrected chi connectivity index (χ4v) is 2.08. The molecule has 0 aromatic carbocycles. The molecule has 0 saturated carbocycles. The van der Waals surface area contributed by atoms with Crippen LogP contribution in [-0.2, 0) is 10.0 Å². The third-order valence-corrected chi connectivity index (χ3v) is 3.99. The van der Waals surface area contributed by atoms with Gasteiger partial charge in [0.05, 0.1) is 6.26 Å². The van der Waals surface area contributed by atoms with Crippen molar-refractivity contribution in [2.45, 2.75) is 18.9 Å². The zero-order valence-corrected chi connectivity index (χ0v) is 9.34. The lowest BCUT2D eigenvalue weighted by Crippen LogP contribution is -2.39. The molecule has 1 aliphatic rings. The Morgan fingerprint density at radius 1 is 1.54 bits per heavy atom. The average molecular weight is 206 g/mol. The molecule has 0 aliphatic carbocycles. The lowest BCUT2D eigenvalue weighted by molar-refractivity contribution is 0.271. The Morgan fingerprint density at radius 3 is 2.54 bits per heavy atom. The van der Waals surface area contributed by atoms with Crippen molar-refractivity contribution < 1.29 is 8.42 Å². The average Bonchev–Trinajstić information content (AvgIpc) is 2.34. The molecule has 0 aromatic rings. The molecule has 0 radical (unpaired) electrons. The quantitative estimate of drug-likeness (QED) is 0.651. The summed E-state index contributed by atoms with van der Waals surface area (Å²) in [7, 11) is 0.683. The smallest absolute Gasteiger partial charge is 0.211 e. The number of hydrogen-bond acceptors (Lipinski definition) is 3. The number of nitrogens with zero attached hydrogens (tertiary/aromatic N) is 2. The van der Waals surface area contributed by atoms with Crippen molar-refractivity contribution in [1.29, 1.82) is 0 Å². The minimum absolute atomic E-state index is 0.403. The van der Waals surface area contributed by atoms with Gasteiger partial charge in [-0.3, -0.25) is 0 Å². The van der Waals surface area contributed by atoms with Gasteiger partial charge in [0.1, 0.15) is 0 Å². The summed E-state index contributed by atoms with van der Waals surface area (Å²) in [5.74, 6) is 0. The van der Waals surface area contributed by atoms with E-state index in [0.717, 1.165) is 13.0 Å². The zero-order chi connectivity index (χ0) is 10.1. The maximum atomic E-state index is 11.1. The minimum atomic E-state index is -3.01. The van der Waals surface area contributed by atoms with Gasteiger partial charge in [-0.05, 0) is 26.4 Å². The standard InChI is InChI=1S/C8H18N2O2S/c1-9-6-4-5-8(9)7-10(2)13(3,11)12/h8H,4-7H2,1-3H3. The van der Waals surface area contributed by atoms with Gasteiger partial charge < -0.3 is 4.90 Å². The predicted molar refractivity (Wildman–Crippen MR) is 53.1 cm³/mol. The molecule has 78 valence electrons. The molecule has 0 bridgehead atoms. The zero-order valence-electron chi connectivity index (χ0n) is 8.52. The Hall–Kier alpha value is -0.130. The van der Waals surface area contributed by atoms with Gasteiger partial charge in [0.25, 0.3) is 0 Å². The van der Waals surface area contributed by atoms with Gasteiger partial charge in [-0.2, -0.15) is 0 Å². The van der Waals surface area contributed by atoms with Crippen molar-refractivity contribution in [2.75, 3.05) is 33.4 Å². The van der Waals surface area contributed by atoms with Crippen LogP contribution in [0.3, 0.4) is 0 Å². The van der Waals surface area contributed by atoms with Crippen molar-refractivity contribution >= 4 is 10.0 Å². The van der Waals surface area contributed by atoms with Gasteiger partial charge in [0, 0.05) is 19.6 Å². The Kier molecular flexibility index (Phi) is 3.32. The van der Waals surface area contributed by atoms with Crippen LogP contribution < -0.4 is 0 Å². The molecular weight excluding hydrogens is 188 g/mol. The van der Waals surface area contributed by atoms with E-state index in [1.54, 1.807) is 7.05 Å². The highest BCUT2D eigenvalue weighted by Crippen LogP contribution is 2.15. The second-order valence-electron chi connectivity index (χ2n) is 3.82. The molecule has 0 spiro atoms. The lowest BCUT2D eigenvalue weighted by Gasteiger charge is -2.24. The second-order valence-corrected chi connectivity index (χ2v) is 5.91. The number of sulfonamides is 1. The first-order chi connectivity index (χ1) is 5.91. The number of hydrogen-bond donors (Lipinski definition) is 0. The van der Waals surface area contributed by atoms with Gasteiger partial charge >= 0.3 is 0 Å². The van der Waals surface area contributed by atoms with E-state index in [1.807, 2.05) is 7.05 Å². The lowest BCUT2D eigenvalue weighted by atomic mass is 10.2. The molecule has 1 atom stereocenters. The molecular formula is C8H18N2O2S. The number of likely N-dealkylation sites (N-methyl/N-ethyl adjacent to an activating group) is 2. The molecule has 0 aromatic heterocycles. The fourth-order valence-electron chi connectivity index (χ4n) is 1.64. The monoisotopic (exact) mass is 206 g/mol. The highest BCUT2D eigenvalue weighted by molar-refractivity contribution is 7.88. The largest absolute Gasteiger partial charge is 0.302 e. The van der Waals surface area contributed by atoms with E-state index >= 15 is 0 Å². The molecule has 1 heterocycles. The van der Waals surface area contributed by atoms with Crippen molar-refractivity contribution in [3.05, 3.63) is 0 Å². The highest BCUT2D eigenvalue weighted by Gasteiger charge is 2.24. The van der Waals surface area contributed by atoms with Gasteiger partial charge in [-0.15, -0.1) is 0 Å². The van der Waals surface area contributed by atoms with Gasteiger partial charge in [-0.1, -0.05) is 0 Å². The van der Waals surface area contributed by atoms with Crippen LogP contribution in [0.25, 0.3) is 0 Å². The maximum Gasteiger partial charge on any atom is 0.211 e. The third-order valence-electron chi connectivity index (χ3n) is 2.71. The highest BCUT2D eigenvalue weighted by atomic mass is 32.2. The van der Waals surface area contributed by atoms with Gasteiger partial charge in [0.2, 0.25) is 10.0 Å². The first kappa shape index (κ1) is 10.9. The molecule has 0 N–H and O–H groups in total. The molecule has 13 heavy (non-hydrogen) atoms. The molecule has 1 fully saturated rings. The summed E-state index contributed by atoms with van der Waals surface area (Å²) >= 11 is 0. The summed E-state index contributed by atoms with van der Waals surface area (Å²) in [5.41, 5.74) is 0. The van der Waals surface area contributed by atoms with E-state index in [0.29, 0.717) is 12.6 Å². The van der Waals surface area contributed by atoms with Crippen LogP contribution in [0.1, 0.15) is 12.8 Å². The molecule has 0 amide bonds. The van der Waals surface area contributed by atoms with Crippen LogP contribution in [0, 0.1) is 0 Å². The topological polar surface area (TPSA) is 40.6 Å². The third kappa shape index (κ3) is 2.93.